The van der Waals surface area contributed by atoms with E-state index in [-0.39, 0.29) is 35.8 Å². The first-order valence-electron chi connectivity index (χ1n) is 12.7. The van der Waals surface area contributed by atoms with Gasteiger partial charge in [0.2, 0.25) is 5.91 Å². The second-order valence-corrected chi connectivity index (χ2v) is 10.7. The molecule has 4 atom stereocenters. The van der Waals surface area contributed by atoms with Crippen LogP contribution in [-0.2, 0) is 11.4 Å². The summed E-state index contributed by atoms with van der Waals surface area (Å²) < 4.78 is 50.9. The third kappa shape index (κ3) is 6.09. The van der Waals surface area contributed by atoms with Crippen LogP contribution in [0, 0.1) is 23.6 Å². The van der Waals surface area contributed by atoms with Crippen LogP contribution in [0.3, 0.4) is 0 Å². The number of halogens is 3. The third-order valence-corrected chi connectivity index (χ3v) is 8.39. The number of anilines is 1. The number of nitrogens with zero attached hydrogens (tertiary/aromatic N) is 3. The number of alkyl halides is 2. The standard InChI is InChI=1S/C27H29F3N4O3S/c1-16(21-13-17-6-7-18(21)12-17)34-24(14-36-23-5-3-2-4-22(23)28)32-33-27(34)38-15-25(35)31-19-8-10-20(11-9-19)37-26(29)30/h2-5,8-11,16-18,21,26H,6-7,12-15H2,1H3,(H,31,35)/t16-,17-,18-,21+/m1/s1. The molecule has 0 radical (unpaired) electrons. The van der Waals surface area contributed by atoms with Crippen molar-refractivity contribution in [2.24, 2.45) is 17.8 Å². The van der Waals surface area contributed by atoms with E-state index in [2.05, 4.69) is 27.2 Å². The Kier molecular flexibility index (Phi) is 8.11. The molecule has 2 fully saturated rings. The molecule has 0 unspecified atom stereocenters. The highest BCUT2D eigenvalue weighted by Crippen LogP contribution is 2.52. The number of fused-ring (bicyclic) bond motifs is 2. The quantitative estimate of drug-likeness (QED) is 0.284. The van der Waals surface area contributed by atoms with E-state index < -0.39 is 12.4 Å². The van der Waals surface area contributed by atoms with E-state index in [1.807, 2.05) is 4.57 Å². The van der Waals surface area contributed by atoms with Gasteiger partial charge in [0.1, 0.15) is 12.4 Å². The van der Waals surface area contributed by atoms with Crippen molar-refractivity contribution in [2.45, 2.75) is 57.0 Å². The Hall–Kier alpha value is -3.21. The molecule has 1 heterocycles. The van der Waals surface area contributed by atoms with Gasteiger partial charge in [-0.15, -0.1) is 10.2 Å². The number of benzene rings is 2. The topological polar surface area (TPSA) is 78.3 Å². The van der Waals surface area contributed by atoms with Crippen LogP contribution in [0.1, 0.15) is 44.5 Å². The lowest BCUT2D eigenvalue weighted by molar-refractivity contribution is -0.113. The summed E-state index contributed by atoms with van der Waals surface area (Å²) in [4.78, 5) is 12.6. The van der Waals surface area contributed by atoms with Crippen molar-refractivity contribution in [1.82, 2.24) is 14.8 Å². The Labute approximate surface area is 223 Å². The molecular formula is C27H29F3N4O3S. The summed E-state index contributed by atoms with van der Waals surface area (Å²) in [6.45, 7) is -0.694. The zero-order chi connectivity index (χ0) is 26.6. The van der Waals surface area contributed by atoms with E-state index >= 15 is 0 Å². The molecule has 2 saturated carbocycles. The first-order chi connectivity index (χ1) is 18.4. The zero-order valence-corrected chi connectivity index (χ0v) is 21.7. The van der Waals surface area contributed by atoms with Crippen molar-refractivity contribution < 1.29 is 27.4 Å². The van der Waals surface area contributed by atoms with Gasteiger partial charge >= 0.3 is 6.61 Å². The number of aromatic nitrogens is 3. The highest BCUT2D eigenvalue weighted by atomic mass is 32.2. The van der Waals surface area contributed by atoms with E-state index in [0.29, 0.717) is 28.5 Å². The molecule has 0 aliphatic heterocycles. The second-order valence-electron chi connectivity index (χ2n) is 9.81. The summed E-state index contributed by atoms with van der Waals surface area (Å²) in [7, 11) is 0. The number of hydrogen-bond donors (Lipinski definition) is 1. The van der Waals surface area contributed by atoms with Gasteiger partial charge in [0.15, 0.2) is 22.5 Å². The average Bonchev–Trinajstić information content (AvgIpc) is 3.64. The fourth-order valence-corrected chi connectivity index (χ4v) is 6.58. The highest BCUT2D eigenvalue weighted by Gasteiger charge is 2.43. The fourth-order valence-electron chi connectivity index (χ4n) is 5.74. The molecule has 0 spiro atoms. The number of carbonyl (C=O) groups is 1. The molecule has 1 amide bonds. The van der Waals surface area contributed by atoms with Crippen LogP contribution >= 0.6 is 11.8 Å². The summed E-state index contributed by atoms with van der Waals surface area (Å²) >= 11 is 1.26. The molecule has 1 N–H and O–H groups in total. The number of ether oxygens (including phenoxy) is 2. The summed E-state index contributed by atoms with van der Waals surface area (Å²) in [6.07, 6.45) is 4.93. The number of para-hydroxylation sites is 1. The molecule has 2 bridgehead atoms. The van der Waals surface area contributed by atoms with Crippen LogP contribution in [0.5, 0.6) is 11.5 Å². The van der Waals surface area contributed by atoms with Gasteiger partial charge < -0.3 is 14.8 Å². The van der Waals surface area contributed by atoms with E-state index in [0.717, 1.165) is 12.3 Å². The maximum Gasteiger partial charge on any atom is 0.387 e. The van der Waals surface area contributed by atoms with Crippen LogP contribution in [0.15, 0.2) is 53.7 Å². The fraction of sp³-hybridized carbons (Fsp3) is 0.444. The van der Waals surface area contributed by atoms with Crippen LogP contribution < -0.4 is 14.8 Å². The van der Waals surface area contributed by atoms with Crippen LogP contribution in [0.4, 0.5) is 18.9 Å². The van der Waals surface area contributed by atoms with Crippen molar-refractivity contribution in [3.63, 3.8) is 0 Å². The Balaban J connectivity index is 1.27. The molecule has 0 saturated heterocycles. The van der Waals surface area contributed by atoms with Crippen molar-refractivity contribution in [3.8, 4) is 11.5 Å². The minimum absolute atomic E-state index is 0.0141. The van der Waals surface area contributed by atoms with Crippen LogP contribution in [0.25, 0.3) is 0 Å². The Morgan fingerprint density at radius 3 is 2.61 bits per heavy atom. The summed E-state index contributed by atoms with van der Waals surface area (Å²) in [5.74, 6) is 2.01. The highest BCUT2D eigenvalue weighted by molar-refractivity contribution is 7.99. The van der Waals surface area contributed by atoms with E-state index in [1.165, 1.54) is 61.4 Å². The third-order valence-electron chi connectivity index (χ3n) is 7.44. The van der Waals surface area contributed by atoms with Crippen molar-refractivity contribution in [3.05, 3.63) is 60.2 Å². The van der Waals surface area contributed by atoms with Gasteiger partial charge in [-0.05, 0) is 80.3 Å². The Bertz CT molecular complexity index is 1260. The number of thioether (sulfide) groups is 1. The number of nitrogens with one attached hydrogen (secondary N) is 1. The minimum Gasteiger partial charge on any atom is -0.483 e. The molecule has 5 rings (SSSR count). The molecule has 1 aromatic heterocycles. The molecule has 3 aromatic rings. The van der Waals surface area contributed by atoms with Gasteiger partial charge in [-0.2, -0.15) is 8.78 Å². The first kappa shape index (κ1) is 26.4. The molecule has 11 heteroatoms. The van der Waals surface area contributed by atoms with Gasteiger partial charge in [0, 0.05) is 11.7 Å². The normalized spacial score (nSPS) is 21.0. The summed E-state index contributed by atoms with van der Waals surface area (Å²) in [5, 5.41) is 12.1. The SMILES string of the molecule is C[C@H]([C@@H]1C[C@@H]2CC[C@@H]1C2)n1c(COc2ccccc2F)nnc1SCC(=O)Nc1ccc(OC(F)F)cc1. The predicted octanol–water partition coefficient (Wildman–Crippen LogP) is 6.33. The van der Waals surface area contributed by atoms with Crippen molar-refractivity contribution >= 4 is 23.4 Å². The van der Waals surface area contributed by atoms with E-state index in [9.17, 15) is 18.0 Å². The molecule has 202 valence electrons. The average molecular weight is 547 g/mol. The van der Waals surface area contributed by atoms with Gasteiger partial charge in [0.05, 0.1) is 5.75 Å². The maximum absolute atomic E-state index is 14.1. The lowest BCUT2D eigenvalue weighted by atomic mass is 9.84. The van der Waals surface area contributed by atoms with Crippen molar-refractivity contribution in [2.75, 3.05) is 11.1 Å². The lowest BCUT2D eigenvalue weighted by Gasteiger charge is -2.30. The predicted molar refractivity (Wildman–Crippen MR) is 137 cm³/mol. The molecule has 2 aliphatic carbocycles. The van der Waals surface area contributed by atoms with Crippen LogP contribution in [-0.4, -0.2) is 33.0 Å². The molecule has 7 nitrogen and oxygen atoms in total. The van der Waals surface area contributed by atoms with Gasteiger partial charge in [-0.1, -0.05) is 30.3 Å². The largest absolute Gasteiger partial charge is 0.483 e. The number of carbonyl (C=O) groups excluding carboxylic acids is 1. The Morgan fingerprint density at radius 2 is 1.92 bits per heavy atom. The van der Waals surface area contributed by atoms with E-state index in [4.69, 9.17) is 4.74 Å². The number of hydrogen-bond acceptors (Lipinski definition) is 6. The Morgan fingerprint density at radius 1 is 1.13 bits per heavy atom. The molecular weight excluding hydrogens is 517 g/mol. The zero-order valence-electron chi connectivity index (χ0n) is 20.9. The first-order valence-corrected chi connectivity index (χ1v) is 13.6. The second kappa shape index (κ2) is 11.7. The van der Waals surface area contributed by atoms with Gasteiger partial charge in [-0.3, -0.25) is 9.36 Å². The summed E-state index contributed by atoms with van der Waals surface area (Å²) in [5.41, 5.74) is 0.466. The molecule has 38 heavy (non-hydrogen) atoms. The van der Waals surface area contributed by atoms with Gasteiger partial charge in [-0.25, -0.2) is 4.39 Å². The van der Waals surface area contributed by atoms with E-state index in [1.54, 1.807) is 18.2 Å². The molecule has 2 aliphatic rings. The maximum atomic E-state index is 14.1. The number of rotatable bonds is 11. The number of amides is 1. The summed E-state index contributed by atoms with van der Waals surface area (Å²) in [6, 6.07) is 12.1. The minimum atomic E-state index is -2.91. The molecule has 2 aromatic carbocycles. The van der Waals surface area contributed by atoms with Crippen molar-refractivity contribution in [1.29, 1.82) is 0 Å². The monoisotopic (exact) mass is 546 g/mol. The van der Waals surface area contributed by atoms with Crippen LogP contribution in [0.2, 0.25) is 0 Å². The van der Waals surface area contributed by atoms with Gasteiger partial charge in [0.25, 0.3) is 0 Å². The lowest BCUT2D eigenvalue weighted by Crippen LogP contribution is -2.25. The smallest absolute Gasteiger partial charge is 0.387 e.